The first-order chi connectivity index (χ1) is 17.3. The van der Waals surface area contributed by atoms with Crippen LogP contribution in [0.25, 0.3) is 11.1 Å². The number of benzene rings is 3. The van der Waals surface area contributed by atoms with E-state index >= 15 is 0 Å². The van der Waals surface area contributed by atoms with Gasteiger partial charge in [0.05, 0.1) is 30.5 Å². The smallest absolute Gasteiger partial charge is 0.465 e. The van der Waals surface area contributed by atoms with Crippen LogP contribution in [0.5, 0.6) is 5.75 Å². The summed E-state index contributed by atoms with van der Waals surface area (Å²) in [6, 6.07) is 3.58. The number of esters is 1. The lowest BCUT2D eigenvalue weighted by atomic mass is 10.00. The normalized spacial score (nSPS) is 14.3. The van der Waals surface area contributed by atoms with E-state index < -0.39 is 98.9 Å². The lowest BCUT2D eigenvalue weighted by molar-refractivity contribution is -0.193. The van der Waals surface area contributed by atoms with Crippen LogP contribution in [0.4, 0.5) is 45.2 Å². The molecule has 0 spiro atoms. The Morgan fingerprint density at radius 2 is 1.51 bits per heavy atom. The fourth-order valence-corrected chi connectivity index (χ4v) is 3.61. The van der Waals surface area contributed by atoms with Crippen LogP contribution < -0.4 is 9.64 Å². The van der Waals surface area contributed by atoms with Gasteiger partial charge in [-0.1, -0.05) is 12.1 Å². The summed E-state index contributed by atoms with van der Waals surface area (Å²) in [6.07, 6.45) is -4.62. The van der Waals surface area contributed by atoms with E-state index in [1.54, 1.807) is 0 Å². The Kier molecular flexibility index (Phi) is 6.30. The van der Waals surface area contributed by atoms with Crippen molar-refractivity contribution < 1.29 is 58.6 Å². The average Bonchev–Trinajstić information content (AvgIpc) is 2.85. The molecule has 1 aliphatic heterocycles. The van der Waals surface area contributed by atoms with Crippen LogP contribution in [0.15, 0.2) is 30.3 Å². The van der Waals surface area contributed by atoms with E-state index in [0.29, 0.717) is 6.07 Å². The Hall–Kier alpha value is -4.23. The van der Waals surface area contributed by atoms with Crippen molar-refractivity contribution in [1.82, 2.24) is 0 Å². The van der Waals surface area contributed by atoms with Gasteiger partial charge in [0.2, 0.25) is 5.82 Å². The first-order valence-corrected chi connectivity index (χ1v) is 9.90. The molecule has 0 radical (unpaired) electrons. The number of hydrogen-bond donors (Lipinski definition) is 0. The number of halogens is 9. The molecule has 14 heteroatoms. The molecule has 0 atom stereocenters. The number of anilines is 1. The summed E-state index contributed by atoms with van der Waals surface area (Å²) in [5.74, 6) is -19.6. The molecule has 0 N–H and O–H groups in total. The summed E-state index contributed by atoms with van der Waals surface area (Å²) in [4.78, 5) is 24.3. The van der Waals surface area contributed by atoms with E-state index in [-0.39, 0.29) is 11.0 Å². The number of alkyl halides is 2. The second-order valence-corrected chi connectivity index (χ2v) is 7.53. The van der Waals surface area contributed by atoms with Gasteiger partial charge in [-0.25, -0.2) is 35.5 Å². The van der Waals surface area contributed by atoms with Gasteiger partial charge in [0, 0.05) is 17.2 Å². The number of nitrogens with zero attached hydrogens (tertiary/aromatic N) is 1. The number of hydrogen-bond acceptors (Lipinski definition) is 4. The molecule has 3 aromatic carbocycles. The maximum atomic E-state index is 14.9. The molecule has 0 saturated carbocycles. The van der Waals surface area contributed by atoms with Gasteiger partial charge in [0.1, 0.15) is 11.6 Å². The van der Waals surface area contributed by atoms with Crippen LogP contribution in [-0.4, -0.2) is 25.1 Å². The highest BCUT2D eigenvalue weighted by molar-refractivity contribution is 6.01. The minimum absolute atomic E-state index is 0.132. The highest BCUT2D eigenvalue weighted by Gasteiger charge is 2.51. The molecule has 0 aromatic heterocycles. The van der Waals surface area contributed by atoms with Crippen molar-refractivity contribution >= 4 is 17.6 Å². The first-order valence-electron chi connectivity index (χ1n) is 9.90. The molecule has 0 unspecified atom stereocenters. The zero-order valence-corrected chi connectivity index (χ0v) is 18.1. The van der Waals surface area contributed by atoms with Crippen LogP contribution in [0.1, 0.15) is 15.9 Å². The minimum atomic E-state index is -4.62. The molecule has 3 aromatic rings. The summed E-state index contributed by atoms with van der Waals surface area (Å²) < 4.78 is 136. The van der Waals surface area contributed by atoms with Crippen molar-refractivity contribution in [2.24, 2.45) is 0 Å². The zero-order valence-electron chi connectivity index (χ0n) is 18.1. The van der Waals surface area contributed by atoms with Crippen molar-refractivity contribution in [3.63, 3.8) is 0 Å². The van der Waals surface area contributed by atoms with E-state index in [1.165, 1.54) is 0 Å². The standard InChI is InChI=1S/C23H10F9NO4/c1-36-21(34)9-4-2-3-8(15(9)25)7-33-12-5-10(11(24)6-13(12)37-23(31,32)22(33)35)14-16(26)18(28)20(30)19(29)17(14)27/h2-6H,7H2,1H3. The Labute approximate surface area is 200 Å². The van der Waals surface area contributed by atoms with E-state index in [0.717, 1.165) is 25.3 Å². The van der Waals surface area contributed by atoms with E-state index in [9.17, 15) is 49.1 Å². The van der Waals surface area contributed by atoms with E-state index in [4.69, 9.17) is 0 Å². The maximum Gasteiger partial charge on any atom is 0.482 e. The molecule has 194 valence electrons. The quantitative estimate of drug-likeness (QED) is 0.188. The second-order valence-electron chi connectivity index (χ2n) is 7.53. The van der Waals surface area contributed by atoms with Crippen molar-refractivity contribution in [3.05, 3.63) is 82.2 Å². The van der Waals surface area contributed by atoms with Gasteiger partial charge in [0.15, 0.2) is 29.0 Å². The number of rotatable bonds is 4. The van der Waals surface area contributed by atoms with Crippen molar-refractivity contribution in [2.75, 3.05) is 12.0 Å². The first kappa shape index (κ1) is 25.9. The molecular formula is C23H10F9NO4. The summed E-state index contributed by atoms with van der Waals surface area (Å²) in [5, 5.41) is 0. The molecule has 1 heterocycles. The van der Waals surface area contributed by atoms with Crippen LogP contribution in [-0.2, 0) is 16.1 Å². The Bertz CT molecular complexity index is 1450. The molecule has 1 aliphatic rings. The average molecular weight is 535 g/mol. The molecule has 37 heavy (non-hydrogen) atoms. The SMILES string of the molecule is COC(=O)c1cccc(CN2C(=O)C(F)(F)Oc3cc(F)c(-c4c(F)c(F)c(F)c(F)c4F)cc32)c1F. The Morgan fingerprint density at radius 3 is 2.11 bits per heavy atom. The summed E-state index contributed by atoms with van der Waals surface area (Å²) >= 11 is 0. The fraction of sp³-hybridized carbons (Fsp3) is 0.130. The molecule has 5 nitrogen and oxygen atoms in total. The van der Waals surface area contributed by atoms with Gasteiger partial charge in [-0.3, -0.25) is 9.69 Å². The third-order valence-electron chi connectivity index (χ3n) is 5.36. The molecule has 0 aliphatic carbocycles. The van der Waals surface area contributed by atoms with Gasteiger partial charge >= 0.3 is 18.0 Å². The largest absolute Gasteiger partial charge is 0.482 e. The van der Waals surface area contributed by atoms with E-state index in [2.05, 4.69) is 9.47 Å². The minimum Gasteiger partial charge on any atom is -0.465 e. The predicted molar refractivity (Wildman–Crippen MR) is 106 cm³/mol. The van der Waals surface area contributed by atoms with Crippen LogP contribution in [0.3, 0.4) is 0 Å². The number of amides is 1. The number of carbonyl (C=O) groups is 2. The number of ether oxygens (including phenoxy) is 2. The Morgan fingerprint density at radius 1 is 0.919 bits per heavy atom. The summed E-state index contributed by atoms with van der Waals surface area (Å²) in [7, 11) is 0.937. The number of methoxy groups -OCH3 is 1. The van der Waals surface area contributed by atoms with Gasteiger partial charge in [-0.15, -0.1) is 0 Å². The van der Waals surface area contributed by atoms with E-state index in [1.807, 2.05) is 0 Å². The molecule has 1 amide bonds. The topological polar surface area (TPSA) is 55.8 Å². The van der Waals surface area contributed by atoms with Gasteiger partial charge < -0.3 is 9.47 Å². The maximum absolute atomic E-state index is 14.9. The third kappa shape index (κ3) is 4.11. The highest BCUT2D eigenvalue weighted by atomic mass is 19.3. The molecule has 0 saturated heterocycles. The van der Waals surface area contributed by atoms with Gasteiger partial charge in [-0.2, -0.15) is 8.78 Å². The molecule has 0 fully saturated rings. The number of fused-ring (bicyclic) bond motifs is 1. The fourth-order valence-electron chi connectivity index (χ4n) is 3.61. The lowest BCUT2D eigenvalue weighted by Crippen LogP contribution is -2.50. The van der Waals surface area contributed by atoms with Crippen LogP contribution >= 0.6 is 0 Å². The van der Waals surface area contributed by atoms with Crippen LogP contribution in [0, 0.1) is 40.7 Å². The van der Waals surface area contributed by atoms with Crippen molar-refractivity contribution in [3.8, 4) is 16.9 Å². The summed E-state index contributed by atoms with van der Waals surface area (Å²) in [5.41, 5.74) is -5.03. The summed E-state index contributed by atoms with van der Waals surface area (Å²) in [6.45, 7) is -1.05. The van der Waals surface area contributed by atoms with Crippen molar-refractivity contribution in [2.45, 2.75) is 12.7 Å². The van der Waals surface area contributed by atoms with Gasteiger partial charge in [-0.05, 0) is 12.1 Å². The van der Waals surface area contributed by atoms with Gasteiger partial charge in [0.25, 0.3) is 0 Å². The molecule has 4 rings (SSSR count). The monoisotopic (exact) mass is 535 g/mol. The van der Waals surface area contributed by atoms with Crippen molar-refractivity contribution in [1.29, 1.82) is 0 Å². The third-order valence-corrected chi connectivity index (χ3v) is 5.36. The molecule has 0 bridgehead atoms. The predicted octanol–water partition coefficient (Wildman–Crippen LogP) is 5.63. The second kappa shape index (κ2) is 9.01. The van der Waals surface area contributed by atoms with Crippen LogP contribution in [0.2, 0.25) is 0 Å². The highest BCUT2D eigenvalue weighted by Crippen LogP contribution is 2.45. The lowest BCUT2D eigenvalue weighted by Gasteiger charge is -2.34. The zero-order chi connectivity index (χ0) is 27.4. The molecular weight excluding hydrogens is 525 g/mol. The Balaban J connectivity index is 1.92. The number of carbonyl (C=O) groups excluding carboxylic acids is 2.